The first-order chi connectivity index (χ1) is 16.6. The molecule has 0 amide bonds. The molecule has 0 bridgehead atoms. The fourth-order valence-electron chi connectivity index (χ4n) is 4.13. The lowest BCUT2D eigenvalue weighted by Gasteiger charge is -2.37. The number of fused-ring (bicyclic) bond motifs is 2. The molecule has 5 atom stereocenters. The number of hydrogen-bond donors (Lipinski definition) is 1. The van der Waals surface area contributed by atoms with E-state index in [9.17, 15) is 0 Å². The molecule has 2 saturated heterocycles. The Bertz CT molecular complexity index is 1210. The van der Waals surface area contributed by atoms with Crippen molar-refractivity contribution in [2.24, 2.45) is 0 Å². The Balaban J connectivity index is 1.41. The standard InChI is InChI=1S/C25H33N5O4Si/c1-25(2,3)35(4,5)31-13-17-20-21(34-18(33-20)12-11-16-9-7-6-8-10-16)24(32-17)30-15-29-19-22(26)27-14-28-23(19)30/h6-12,14-15,17-18,20-21,24H,13H2,1-5H3,(H2,26,27,28)/b12-11+/t17-,18?,20+,21?,24-/m1/s1. The van der Waals surface area contributed by atoms with Gasteiger partial charge in [0.05, 0.1) is 12.9 Å². The lowest BCUT2D eigenvalue weighted by molar-refractivity contribution is -0.132. The first-order valence-electron chi connectivity index (χ1n) is 11.9. The van der Waals surface area contributed by atoms with Gasteiger partial charge in [0.25, 0.3) is 0 Å². The number of rotatable bonds is 6. The van der Waals surface area contributed by atoms with Crippen molar-refractivity contribution >= 4 is 31.4 Å². The Kier molecular flexibility index (Phi) is 6.26. The van der Waals surface area contributed by atoms with Crippen LogP contribution < -0.4 is 5.73 Å². The summed E-state index contributed by atoms with van der Waals surface area (Å²) in [5, 5.41) is 0.0907. The number of benzene rings is 1. The van der Waals surface area contributed by atoms with Gasteiger partial charge in [-0.05, 0) is 29.8 Å². The summed E-state index contributed by atoms with van der Waals surface area (Å²) in [6.45, 7) is 11.6. The maximum absolute atomic E-state index is 6.51. The van der Waals surface area contributed by atoms with Crippen molar-refractivity contribution in [2.45, 2.75) is 69.7 Å². The van der Waals surface area contributed by atoms with Gasteiger partial charge in [-0.15, -0.1) is 0 Å². The van der Waals surface area contributed by atoms with Crippen molar-refractivity contribution in [3.63, 3.8) is 0 Å². The van der Waals surface area contributed by atoms with Crippen LogP contribution in [0.3, 0.4) is 0 Å². The third-order valence-electron chi connectivity index (χ3n) is 7.19. The van der Waals surface area contributed by atoms with Gasteiger partial charge < -0.3 is 24.4 Å². The first kappa shape index (κ1) is 24.1. The predicted octanol–water partition coefficient (Wildman–Crippen LogP) is 4.15. The Hall–Kier alpha value is -2.63. The van der Waals surface area contributed by atoms with Crippen LogP contribution in [0.5, 0.6) is 0 Å². The smallest absolute Gasteiger partial charge is 0.192 e. The molecule has 2 unspecified atom stereocenters. The van der Waals surface area contributed by atoms with E-state index in [1.165, 1.54) is 6.33 Å². The summed E-state index contributed by atoms with van der Waals surface area (Å²) in [4.78, 5) is 12.8. The number of aromatic nitrogens is 4. The summed E-state index contributed by atoms with van der Waals surface area (Å²) in [5.74, 6) is 0.327. The molecule has 2 N–H and O–H groups in total. The molecule has 2 fully saturated rings. The van der Waals surface area contributed by atoms with E-state index in [-0.39, 0.29) is 23.4 Å². The van der Waals surface area contributed by atoms with Crippen LogP contribution in [-0.2, 0) is 18.6 Å². The number of nitrogens with zero attached hydrogens (tertiary/aromatic N) is 4. The number of nitrogen functional groups attached to an aromatic ring is 1. The molecule has 10 heteroatoms. The van der Waals surface area contributed by atoms with Gasteiger partial charge in [-0.25, -0.2) is 15.0 Å². The Labute approximate surface area is 206 Å². The highest BCUT2D eigenvalue weighted by atomic mass is 28.4. The molecule has 0 saturated carbocycles. The van der Waals surface area contributed by atoms with Crippen LogP contribution in [0.15, 0.2) is 49.1 Å². The molecule has 3 aromatic rings. The average molecular weight is 496 g/mol. The van der Waals surface area contributed by atoms with Gasteiger partial charge >= 0.3 is 0 Å². The molecule has 5 rings (SSSR count). The van der Waals surface area contributed by atoms with Gasteiger partial charge in [-0.1, -0.05) is 57.2 Å². The van der Waals surface area contributed by atoms with E-state index < -0.39 is 20.8 Å². The van der Waals surface area contributed by atoms with Crippen molar-refractivity contribution in [2.75, 3.05) is 12.3 Å². The molecule has 9 nitrogen and oxygen atoms in total. The highest BCUT2D eigenvalue weighted by Gasteiger charge is 2.54. The second kappa shape index (κ2) is 9.10. The molecule has 4 heterocycles. The summed E-state index contributed by atoms with van der Waals surface area (Å²) in [5.41, 5.74) is 8.22. The number of anilines is 1. The predicted molar refractivity (Wildman–Crippen MR) is 136 cm³/mol. The molecular weight excluding hydrogens is 462 g/mol. The number of hydrogen-bond acceptors (Lipinski definition) is 8. The molecular formula is C25H33N5O4Si. The summed E-state index contributed by atoms with van der Waals surface area (Å²) < 4.78 is 27.5. The van der Waals surface area contributed by atoms with E-state index >= 15 is 0 Å². The molecule has 0 radical (unpaired) electrons. The number of imidazole rings is 1. The topological polar surface area (TPSA) is 107 Å². The zero-order valence-electron chi connectivity index (χ0n) is 20.8. The van der Waals surface area contributed by atoms with Crippen molar-refractivity contribution in [1.82, 2.24) is 19.5 Å². The number of ether oxygens (including phenoxy) is 3. The highest BCUT2D eigenvalue weighted by Crippen LogP contribution is 2.42. The van der Waals surface area contributed by atoms with Gasteiger partial charge in [0.1, 0.15) is 30.2 Å². The molecule has 2 aromatic heterocycles. The van der Waals surface area contributed by atoms with E-state index in [0.717, 1.165) is 5.56 Å². The molecule has 2 aliphatic heterocycles. The van der Waals surface area contributed by atoms with Gasteiger partial charge in [-0.3, -0.25) is 4.57 Å². The molecule has 0 aliphatic carbocycles. The normalized spacial score (nSPS) is 27.2. The van der Waals surface area contributed by atoms with Gasteiger partial charge in [0, 0.05) is 0 Å². The van der Waals surface area contributed by atoms with E-state index in [2.05, 4.69) is 48.8 Å². The second-order valence-corrected chi connectivity index (χ2v) is 15.4. The van der Waals surface area contributed by atoms with Crippen molar-refractivity contribution < 1.29 is 18.6 Å². The summed E-state index contributed by atoms with van der Waals surface area (Å²) >= 11 is 0. The first-order valence-corrected chi connectivity index (χ1v) is 14.8. The van der Waals surface area contributed by atoms with Crippen molar-refractivity contribution in [1.29, 1.82) is 0 Å². The average Bonchev–Trinajstić information content (AvgIpc) is 3.50. The third-order valence-corrected chi connectivity index (χ3v) is 11.7. The fourth-order valence-corrected chi connectivity index (χ4v) is 5.14. The van der Waals surface area contributed by atoms with Crippen molar-refractivity contribution in [3.8, 4) is 0 Å². The zero-order valence-corrected chi connectivity index (χ0v) is 21.8. The SMILES string of the molecule is CC(C)(C)[Si](C)(C)OC[C@H]1O[C@@H](n2cnc3c(N)ncnc32)C2OC(/C=C/c3ccccc3)O[C@H]21. The summed E-state index contributed by atoms with van der Waals surface area (Å²) in [6, 6.07) is 10.1. The van der Waals surface area contributed by atoms with Crippen LogP contribution >= 0.6 is 0 Å². The van der Waals surface area contributed by atoms with E-state index in [0.29, 0.717) is 23.6 Å². The number of nitrogens with two attached hydrogens (primary N) is 1. The fraction of sp³-hybridized carbons (Fsp3) is 0.480. The van der Waals surface area contributed by atoms with Crippen LogP contribution in [0.2, 0.25) is 18.1 Å². The Morgan fingerprint density at radius 1 is 1.06 bits per heavy atom. The maximum Gasteiger partial charge on any atom is 0.192 e. The Morgan fingerprint density at radius 2 is 1.80 bits per heavy atom. The van der Waals surface area contributed by atoms with E-state index in [4.69, 9.17) is 24.4 Å². The Morgan fingerprint density at radius 3 is 2.54 bits per heavy atom. The molecule has 35 heavy (non-hydrogen) atoms. The van der Waals surface area contributed by atoms with Gasteiger partial charge in [0.15, 0.2) is 32.3 Å². The zero-order chi connectivity index (χ0) is 24.8. The van der Waals surface area contributed by atoms with E-state index in [1.54, 1.807) is 6.33 Å². The van der Waals surface area contributed by atoms with Crippen molar-refractivity contribution in [3.05, 3.63) is 54.6 Å². The lowest BCUT2D eigenvalue weighted by atomic mass is 10.1. The largest absolute Gasteiger partial charge is 0.414 e. The lowest BCUT2D eigenvalue weighted by Crippen LogP contribution is -2.44. The molecule has 186 valence electrons. The van der Waals surface area contributed by atoms with Crippen LogP contribution in [0.4, 0.5) is 5.82 Å². The highest BCUT2D eigenvalue weighted by molar-refractivity contribution is 6.74. The quantitative estimate of drug-likeness (QED) is 0.508. The molecule has 2 aliphatic rings. The summed E-state index contributed by atoms with van der Waals surface area (Å²) in [7, 11) is -1.98. The minimum atomic E-state index is -1.98. The van der Waals surface area contributed by atoms with Gasteiger partial charge in [0.2, 0.25) is 0 Å². The maximum atomic E-state index is 6.51. The molecule has 1 aromatic carbocycles. The molecule has 0 spiro atoms. The van der Waals surface area contributed by atoms with Crippen LogP contribution in [-0.4, -0.2) is 59.0 Å². The third kappa shape index (κ3) is 4.64. The summed E-state index contributed by atoms with van der Waals surface area (Å²) in [6.07, 6.45) is 5.10. The second-order valence-electron chi connectivity index (χ2n) is 10.6. The minimum absolute atomic E-state index is 0.0907. The van der Waals surface area contributed by atoms with E-state index in [1.807, 2.05) is 47.1 Å². The van der Waals surface area contributed by atoms with Gasteiger partial charge in [-0.2, -0.15) is 0 Å². The monoisotopic (exact) mass is 495 g/mol. The van der Waals surface area contributed by atoms with Crippen LogP contribution in [0.1, 0.15) is 32.6 Å². The minimum Gasteiger partial charge on any atom is -0.414 e. The van der Waals surface area contributed by atoms with Crippen LogP contribution in [0.25, 0.3) is 17.2 Å². The van der Waals surface area contributed by atoms with Crippen LogP contribution in [0, 0.1) is 0 Å².